The first-order valence-electron chi connectivity index (χ1n) is 8.63. The molecule has 4 aromatic rings. The highest BCUT2D eigenvalue weighted by Crippen LogP contribution is 2.25. The minimum absolute atomic E-state index is 0.0685. The van der Waals surface area contributed by atoms with Crippen LogP contribution in [0.15, 0.2) is 71.6 Å². The standard InChI is InChI=1S/C21H19N3O3/c1-26-18-7-8-19-16(14-27-20(19)10-18)9-21(25)22-11-15-12-23-24(13-15)17-5-3-2-4-6-17/h2-8,10,12-14H,9,11H2,1H3,(H,22,25). The van der Waals surface area contributed by atoms with Crippen LogP contribution in [-0.4, -0.2) is 22.8 Å². The molecule has 6 heteroatoms. The maximum atomic E-state index is 12.3. The van der Waals surface area contributed by atoms with Crippen LogP contribution in [0.4, 0.5) is 0 Å². The molecule has 0 aliphatic heterocycles. The molecule has 2 aromatic carbocycles. The number of furan rings is 1. The third kappa shape index (κ3) is 3.69. The average Bonchev–Trinajstić information content (AvgIpc) is 3.34. The average molecular weight is 361 g/mol. The molecule has 0 radical (unpaired) electrons. The van der Waals surface area contributed by atoms with Gasteiger partial charge in [-0.05, 0) is 24.3 Å². The van der Waals surface area contributed by atoms with Gasteiger partial charge < -0.3 is 14.5 Å². The maximum absolute atomic E-state index is 12.3. The van der Waals surface area contributed by atoms with Crippen molar-refractivity contribution in [3.8, 4) is 11.4 Å². The van der Waals surface area contributed by atoms with E-state index in [4.69, 9.17) is 9.15 Å². The zero-order chi connectivity index (χ0) is 18.6. The Balaban J connectivity index is 1.38. The Labute approximate surface area is 156 Å². The molecule has 0 atom stereocenters. The van der Waals surface area contributed by atoms with Gasteiger partial charge in [0.15, 0.2) is 0 Å². The number of methoxy groups -OCH3 is 1. The van der Waals surface area contributed by atoms with Crippen LogP contribution in [0.2, 0.25) is 0 Å². The van der Waals surface area contributed by atoms with Crippen LogP contribution >= 0.6 is 0 Å². The lowest BCUT2D eigenvalue weighted by Crippen LogP contribution is -2.24. The highest BCUT2D eigenvalue weighted by Gasteiger charge is 2.11. The van der Waals surface area contributed by atoms with E-state index in [1.807, 2.05) is 54.7 Å². The molecular weight excluding hydrogens is 342 g/mol. The second-order valence-corrected chi connectivity index (χ2v) is 6.21. The number of ether oxygens (including phenoxy) is 1. The first-order valence-corrected chi connectivity index (χ1v) is 8.63. The SMILES string of the molecule is COc1ccc2c(CC(=O)NCc3cnn(-c4ccccc4)c3)coc2c1. The Hall–Kier alpha value is -3.54. The van der Waals surface area contributed by atoms with Crippen LogP contribution in [0.3, 0.4) is 0 Å². The lowest BCUT2D eigenvalue weighted by atomic mass is 10.1. The Morgan fingerprint density at radius 2 is 2.07 bits per heavy atom. The van der Waals surface area contributed by atoms with Gasteiger partial charge in [-0.1, -0.05) is 18.2 Å². The zero-order valence-electron chi connectivity index (χ0n) is 14.9. The number of para-hydroxylation sites is 1. The van der Waals surface area contributed by atoms with Gasteiger partial charge in [-0.2, -0.15) is 5.10 Å². The fourth-order valence-corrected chi connectivity index (χ4v) is 2.94. The van der Waals surface area contributed by atoms with Gasteiger partial charge in [-0.15, -0.1) is 0 Å². The van der Waals surface area contributed by atoms with Crippen LogP contribution in [0, 0.1) is 0 Å². The quantitative estimate of drug-likeness (QED) is 0.571. The summed E-state index contributed by atoms with van der Waals surface area (Å²) in [4.78, 5) is 12.3. The molecule has 0 saturated carbocycles. The Morgan fingerprint density at radius 3 is 2.89 bits per heavy atom. The second kappa shape index (κ2) is 7.37. The summed E-state index contributed by atoms with van der Waals surface area (Å²) in [5, 5.41) is 8.19. The van der Waals surface area contributed by atoms with Gasteiger partial charge in [0.2, 0.25) is 5.91 Å². The monoisotopic (exact) mass is 361 g/mol. The maximum Gasteiger partial charge on any atom is 0.224 e. The van der Waals surface area contributed by atoms with Gasteiger partial charge in [0.25, 0.3) is 0 Å². The molecular formula is C21H19N3O3. The molecule has 2 aromatic heterocycles. The molecule has 0 spiro atoms. The van der Waals surface area contributed by atoms with Crippen LogP contribution in [0.25, 0.3) is 16.7 Å². The van der Waals surface area contributed by atoms with E-state index >= 15 is 0 Å². The molecule has 1 N–H and O–H groups in total. The number of nitrogens with one attached hydrogen (secondary N) is 1. The second-order valence-electron chi connectivity index (χ2n) is 6.21. The van der Waals surface area contributed by atoms with Gasteiger partial charge in [0.05, 0.1) is 31.7 Å². The van der Waals surface area contributed by atoms with Crippen molar-refractivity contribution < 1.29 is 13.9 Å². The molecule has 6 nitrogen and oxygen atoms in total. The molecule has 0 bridgehead atoms. The summed E-state index contributed by atoms with van der Waals surface area (Å²) in [6, 6.07) is 15.4. The summed E-state index contributed by atoms with van der Waals surface area (Å²) in [6.45, 7) is 0.426. The van der Waals surface area contributed by atoms with E-state index in [0.717, 1.165) is 28.0 Å². The summed E-state index contributed by atoms with van der Waals surface area (Å²) >= 11 is 0. The predicted molar refractivity (Wildman–Crippen MR) is 102 cm³/mol. The normalized spacial score (nSPS) is 10.9. The Morgan fingerprint density at radius 1 is 1.22 bits per heavy atom. The number of hydrogen-bond acceptors (Lipinski definition) is 4. The van der Waals surface area contributed by atoms with E-state index in [2.05, 4.69) is 10.4 Å². The number of nitrogens with zero attached hydrogens (tertiary/aromatic N) is 2. The van der Waals surface area contributed by atoms with Crippen molar-refractivity contribution >= 4 is 16.9 Å². The summed E-state index contributed by atoms with van der Waals surface area (Å²) in [5.74, 6) is 0.657. The topological polar surface area (TPSA) is 69.3 Å². The van der Waals surface area contributed by atoms with E-state index in [1.165, 1.54) is 0 Å². The largest absolute Gasteiger partial charge is 0.497 e. The fraction of sp³-hybridized carbons (Fsp3) is 0.143. The molecule has 2 heterocycles. The Bertz CT molecular complexity index is 1070. The lowest BCUT2D eigenvalue weighted by Gasteiger charge is -2.03. The minimum atomic E-state index is -0.0685. The smallest absolute Gasteiger partial charge is 0.224 e. The van der Waals surface area contributed by atoms with Crippen molar-refractivity contribution in [3.05, 3.63) is 78.3 Å². The molecule has 1 amide bonds. The van der Waals surface area contributed by atoms with Crippen molar-refractivity contribution in [2.24, 2.45) is 0 Å². The third-order valence-electron chi connectivity index (χ3n) is 4.36. The highest BCUT2D eigenvalue weighted by molar-refractivity contribution is 5.88. The molecule has 0 aliphatic carbocycles. The van der Waals surface area contributed by atoms with Gasteiger partial charge in [0.1, 0.15) is 11.3 Å². The van der Waals surface area contributed by atoms with Gasteiger partial charge in [0, 0.05) is 35.3 Å². The molecule has 0 saturated heterocycles. The van der Waals surface area contributed by atoms with Crippen molar-refractivity contribution in [3.63, 3.8) is 0 Å². The third-order valence-corrected chi connectivity index (χ3v) is 4.36. The van der Waals surface area contributed by atoms with E-state index in [9.17, 15) is 4.79 Å². The zero-order valence-corrected chi connectivity index (χ0v) is 14.9. The fourth-order valence-electron chi connectivity index (χ4n) is 2.94. The van der Waals surface area contributed by atoms with Gasteiger partial charge in [-0.3, -0.25) is 4.79 Å². The van der Waals surface area contributed by atoms with Crippen LogP contribution in [0.1, 0.15) is 11.1 Å². The van der Waals surface area contributed by atoms with Crippen LogP contribution in [-0.2, 0) is 17.8 Å². The summed E-state index contributed by atoms with van der Waals surface area (Å²) in [5.41, 5.74) is 3.48. The number of carbonyl (C=O) groups is 1. The first kappa shape index (κ1) is 16.9. The minimum Gasteiger partial charge on any atom is -0.497 e. The van der Waals surface area contributed by atoms with E-state index in [0.29, 0.717) is 12.1 Å². The highest BCUT2D eigenvalue weighted by atomic mass is 16.5. The van der Waals surface area contributed by atoms with E-state index < -0.39 is 0 Å². The van der Waals surface area contributed by atoms with Crippen LogP contribution < -0.4 is 10.1 Å². The predicted octanol–water partition coefficient (Wildman–Crippen LogP) is 3.49. The van der Waals surface area contributed by atoms with Crippen molar-refractivity contribution in [2.75, 3.05) is 7.11 Å². The Kier molecular flexibility index (Phi) is 4.61. The van der Waals surface area contributed by atoms with Gasteiger partial charge >= 0.3 is 0 Å². The number of benzene rings is 2. The number of fused-ring (bicyclic) bond motifs is 1. The lowest BCUT2D eigenvalue weighted by molar-refractivity contribution is -0.120. The molecule has 0 fully saturated rings. The molecule has 27 heavy (non-hydrogen) atoms. The molecule has 0 aliphatic rings. The van der Waals surface area contributed by atoms with Crippen LogP contribution in [0.5, 0.6) is 5.75 Å². The number of amides is 1. The summed E-state index contributed by atoms with van der Waals surface area (Å²) in [7, 11) is 1.61. The summed E-state index contributed by atoms with van der Waals surface area (Å²) < 4.78 is 12.5. The van der Waals surface area contributed by atoms with E-state index in [1.54, 1.807) is 24.3 Å². The molecule has 136 valence electrons. The number of carbonyl (C=O) groups excluding carboxylic acids is 1. The van der Waals surface area contributed by atoms with E-state index in [-0.39, 0.29) is 12.3 Å². The summed E-state index contributed by atoms with van der Waals surface area (Å²) in [6.07, 6.45) is 5.55. The van der Waals surface area contributed by atoms with Crippen molar-refractivity contribution in [1.29, 1.82) is 0 Å². The van der Waals surface area contributed by atoms with Crippen molar-refractivity contribution in [1.82, 2.24) is 15.1 Å². The van der Waals surface area contributed by atoms with Gasteiger partial charge in [-0.25, -0.2) is 4.68 Å². The first-order chi connectivity index (χ1) is 13.2. The molecule has 0 unspecified atom stereocenters. The number of rotatable bonds is 6. The number of hydrogen-bond donors (Lipinski definition) is 1. The molecule has 4 rings (SSSR count). The number of aromatic nitrogens is 2. The van der Waals surface area contributed by atoms with Crippen molar-refractivity contribution in [2.45, 2.75) is 13.0 Å².